The molecule has 67 heavy (non-hydrogen) atoms. The summed E-state index contributed by atoms with van der Waals surface area (Å²) in [5, 5.41) is 7.45. The molecule has 2 heterocycles. The normalized spacial score (nSPS) is 13.3. The van der Waals surface area contributed by atoms with Crippen LogP contribution in [0.5, 0.6) is 0 Å². The molecule has 1 fully saturated rings. The van der Waals surface area contributed by atoms with Crippen LogP contribution in [0.15, 0.2) is 229 Å². The fourth-order valence-electron chi connectivity index (χ4n) is 11.4. The van der Waals surface area contributed by atoms with Crippen LogP contribution in [-0.4, -0.2) is 4.57 Å². The third kappa shape index (κ3) is 6.64. The molecule has 1 aliphatic rings. The molecule has 13 rings (SSSR count). The molecule has 12 aromatic rings. The van der Waals surface area contributed by atoms with Crippen LogP contribution in [-0.2, 0) is 0 Å². The standard InChI is InChI=1S/C64H48N2O/c1-3-18-43(19-4-1)50-29-14-20-45-21-15-32-55(62(45)50)53-26-7-10-34-58(53)65(49-25-13-22-46(42-49)51-30-17-37-61-63(51)57-28-9-12-36-60(57)67-61)48-40-38-44(39-41-48)52-31-16-33-56-54-27-8-11-35-59(54)66(64(52)56)47-23-5-2-6-24-47/h2,5-17,20-43H,1,3-4,18-19H2. The maximum Gasteiger partial charge on any atom is 0.136 e. The molecule has 0 amide bonds. The molecule has 1 saturated carbocycles. The van der Waals surface area contributed by atoms with Crippen LogP contribution < -0.4 is 4.90 Å². The number of hydrogen-bond donors (Lipinski definition) is 0. The predicted octanol–water partition coefficient (Wildman–Crippen LogP) is 18.4. The van der Waals surface area contributed by atoms with Crippen molar-refractivity contribution in [3.63, 3.8) is 0 Å². The Kier molecular flexibility index (Phi) is 9.60. The Labute approximate surface area is 390 Å². The van der Waals surface area contributed by atoms with Gasteiger partial charge in [-0.1, -0.05) is 183 Å². The van der Waals surface area contributed by atoms with Crippen LogP contribution in [0.1, 0.15) is 43.6 Å². The van der Waals surface area contributed by atoms with Crippen LogP contribution in [0.3, 0.4) is 0 Å². The molecular weight excluding hydrogens is 813 g/mol. The summed E-state index contributed by atoms with van der Waals surface area (Å²) in [4.78, 5) is 2.47. The zero-order valence-electron chi connectivity index (χ0n) is 37.3. The van der Waals surface area contributed by atoms with E-state index in [9.17, 15) is 0 Å². The van der Waals surface area contributed by atoms with Crippen molar-refractivity contribution in [2.75, 3.05) is 4.90 Å². The molecule has 0 N–H and O–H groups in total. The Bertz CT molecular complexity index is 3790. The lowest BCUT2D eigenvalue weighted by Gasteiger charge is -2.29. The summed E-state index contributed by atoms with van der Waals surface area (Å²) >= 11 is 0. The Morgan fingerprint density at radius 1 is 0.418 bits per heavy atom. The highest BCUT2D eigenvalue weighted by Crippen LogP contribution is 2.48. The van der Waals surface area contributed by atoms with E-state index in [0.29, 0.717) is 5.92 Å². The van der Waals surface area contributed by atoms with Crippen molar-refractivity contribution in [3.8, 4) is 39.1 Å². The number of anilines is 3. The highest BCUT2D eigenvalue weighted by Gasteiger charge is 2.24. The van der Waals surface area contributed by atoms with Gasteiger partial charge in [0.25, 0.3) is 0 Å². The molecule has 2 aromatic heterocycles. The van der Waals surface area contributed by atoms with Crippen molar-refractivity contribution in [1.29, 1.82) is 0 Å². The Balaban J connectivity index is 1.01. The first-order valence-corrected chi connectivity index (χ1v) is 23.9. The second-order valence-corrected chi connectivity index (χ2v) is 18.2. The minimum absolute atomic E-state index is 0.567. The van der Waals surface area contributed by atoms with E-state index in [1.807, 2.05) is 6.07 Å². The number of aromatic nitrogens is 1. The number of hydrogen-bond acceptors (Lipinski definition) is 2. The molecule has 3 heteroatoms. The van der Waals surface area contributed by atoms with Gasteiger partial charge in [-0.2, -0.15) is 0 Å². The van der Waals surface area contributed by atoms with Gasteiger partial charge in [0, 0.05) is 49.7 Å². The van der Waals surface area contributed by atoms with Gasteiger partial charge in [0.15, 0.2) is 0 Å². The molecule has 0 spiro atoms. The lowest BCUT2D eigenvalue weighted by atomic mass is 9.80. The lowest BCUT2D eigenvalue weighted by molar-refractivity contribution is 0.445. The summed E-state index contributed by atoms with van der Waals surface area (Å²) in [6.45, 7) is 0. The van der Waals surface area contributed by atoms with E-state index in [-0.39, 0.29) is 0 Å². The van der Waals surface area contributed by atoms with Gasteiger partial charge in [0.05, 0.1) is 16.7 Å². The van der Waals surface area contributed by atoms with E-state index in [4.69, 9.17) is 4.42 Å². The third-order valence-electron chi connectivity index (χ3n) is 14.4. The zero-order valence-corrected chi connectivity index (χ0v) is 37.3. The summed E-state index contributed by atoms with van der Waals surface area (Å²) in [7, 11) is 0. The van der Waals surface area contributed by atoms with Crippen molar-refractivity contribution in [1.82, 2.24) is 4.57 Å². The second-order valence-electron chi connectivity index (χ2n) is 18.2. The summed E-state index contributed by atoms with van der Waals surface area (Å²) in [6, 6.07) is 82.3. The largest absolute Gasteiger partial charge is 0.456 e. The monoisotopic (exact) mass is 860 g/mol. The van der Waals surface area contributed by atoms with Crippen LogP contribution in [0.25, 0.3) is 93.6 Å². The smallest absolute Gasteiger partial charge is 0.136 e. The first kappa shape index (κ1) is 39.2. The van der Waals surface area contributed by atoms with Crippen molar-refractivity contribution >= 4 is 71.6 Å². The Hall–Kier alpha value is -8.14. The van der Waals surface area contributed by atoms with Crippen molar-refractivity contribution in [3.05, 3.63) is 230 Å². The van der Waals surface area contributed by atoms with E-state index in [1.165, 1.54) is 92.5 Å². The summed E-state index contributed by atoms with van der Waals surface area (Å²) in [5.74, 6) is 0.567. The topological polar surface area (TPSA) is 21.3 Å². The minimum Gasteiger partial charge on any atom is -0.456 e. The number of para-hydroxylation sites is 5. The first-order valence-electron chi connectivity index (χ1n) is 23.9. The number of fused-ring (bicyclic) bond motifs is 7. The summed E-state index contributed by atoms with van der Waals surface area (Å²) in [5.41, 5.74) is 17.3. The summed E-state index contributed by atoms with van der Waals surface area (Å²) in [6.07, 6.45) is 6.43. The van der Waals surface area contributed by atoms with Gasteiger partial charge >= 0.3 is 0 Å². The van der Waals surface area contributed by atoms with Crippen molar-refractivity contribution < 1.29 is 4.42 Å². The van der Waals surface area contributed by atoms with Gasteiger partial charge in [0.2, 0.25) is 0 Å². The van der Waals surface area contributed by atoms with Gasteiger partial charge in [-0.05, 0) is 118 Å². The molecule has 0 saturated heterocycles. The predicted molar refractivity (Wildman–Crippen MR) is 282 cm³/mol. The zero-order chi connectivity index (χ0) is 44.3. The van der Waals surface area contributed by atoms with E-state index in [1.54, 1.807) is 0 Å². The highest BCUT2D eigenvalue weighted by atomic mass is 16.3. The maximum atomic E-state index is 6.40. The van der Waals surface area contributed by atoms with E-state index < -0.39 is 0 Å². The quantitative estimate of drug-likeness (QED) is 0.152. The average molecular weight is 861 g/mol. The molecule has 10 aromatic carbocycles. The van der Waals surface area contributed by atoms with E-state index in [2.05, 4.69) is 228 Å². The number of rotatable bonds is 8. The fraction of sp³-hybridized carbons (Fsp3) is 0.0938. The highest BCUT2D eigenvalue weighted by molar-refractivity contribution is 6.15. The molecule has 0 bridgehead atoms. The molecule has 0 atom stereocenters. The minimum atomic E-state index is 0.567. The van der Waals surface area contributed by atoms with Crippen molar-refractivity contribution in [2.45, 2.75) is 38.0 Å². The van der Waals surface area contributed by atoms with E-state index >= 15 is 0 Å². The molecule has 320 valence electrons. The molecule has 1 aliphatic carbocycles. The molecule has 0 aliphatic heterocycles. The molecule has 0 radical (unpaired) electrons. The van der Waals surface area contributed by atoms with Gasteiger partial charge in [-0.25, -0.2) is 0 Å². The van der Waals surface area contributed by atoms with Gasteiger partial charge in [-0.3, -0.25) is 0 Å². The van der Waals surface area contributed by atoms with Crippen LogP contribution in [0, 0.1) is 0 Å². The number of furan rings is 1. The maximum absolute atomic E-state index is 6.40. The average Bonchev–Trinajstić information content (AvgIpc) is 3.96. The van der Waals surface area contributed by atoms with Gasteiger partial charge in [0.1, 0.15) is 11.2 Å². The number of benzene rings is 10. The molecule has 3 nitrogen and oxygen atoms in total. The SMILES string of the molecule is c1ccc(-n2c3ccccc3c3cccc(-c4ccc(N(c5cccc(-c6cccc7oc8ccccc8c67)c5)c5ccccc5-c5cccc6cccc(C7CCCCC7)c56)cc4)c32)cc1. The molecule has 0 unspecified atom stereocenters. The van der Waals surface area contributed by atoms with E-state index in [0.717, 1.165) is 55.8 Å². The van der Waals surface area contributed by atoms with Crippen molar-refractivity contribution in [2.24, 2.45) is 0 Å². The fourth-order valence-corrected chi connectivity index (χ4v) is 11.4. The van der Waals surface area contributed by atoms with Crippen LogP contribution in [0.2, 0.25) is 0 Å². The van der Waals surface area contributed by atoms with Gasteiger partial charge in [-0.15, -0.1) is 0 Å². The molecular formula is C64H48N2O. The first-order chi connectivity index (χ1) is 33.3. The third-order valence-corrected chi connectivity index (χ3v) is 14.4. The second kappa shape index (κ2) is 16.4. The van der Waals surface area contributed by atoms with Crippen LogP contribution >= 0.6 is 0 Å². The lowest BCUT2D eigenvalue weighted by Crippen LogP contribution is -2.11. The summed E-state index contributed by atoms with van der Waals surface area (Å²) < 4.78 is 8.82. The Morgan fingerprint density at radius 3 is 1.96 bits per heavy atom. The van der Waals surface area contributed by atoms with Gasteiger partial charge < -0.3 is 13.9 Å². The number of nitrogens with zero attached hydrogens (tertiary/aromatic N) is 2. The Morgan fingerprint density at radius 2 is 1.07 bits per heavy atom. The van der Waals surface area contributed by atoms with Crippen LogP contribution in [0.4, 0.5) is 17.1 Å².